The van der Waals surface area contributed by atoms with Crippen molar-refractivity contribution in [2.24, 2.45) is 0 Å². The first-order chi connectivity index (χ1) is 15.1. The maximum atomic E-state index is 13.5. The van der Waals surface area contributed by atoms with E-state index in [4.69, 9.17) is 16.3 Å². The normalized spacial score (nSPS) is 10.8. The van der Waals surface area contributed by atoms with Gasteiger partial charge in [-0.2, -0.15) is 0 Å². The average molecular weight is 449 g/mol. The third kappa shape index (κ3) is 5.19. The van der Waals surface area contributed by atoms with Crippen LogP contribution in [0.25, 0.3) is 0 Å². The van der Waals surface area contributed by atoms with E-state index in [0.29, 0.717) is 28.8 Å². The summed E-state index contributed by atoms with van der Waals surface area (Å²) in [7, 11) is 1.63. The Bertz CT molecular complexity index is 1210. The van der Waals surface area contributed by atoms with Gasteiger partial charge >= 0.3 is 0 Å². The van der Waals surface area contributed by atoms with Crippen LogP contribution in [0.2, 0.25) is 5.15 Å². The molecule has 0 N–H and O–H groups in total. The summed E-state index contributed by atoms with van der Waals surface area (Å²) in [6.45, 7) is 0.398. The van der Waals surface area contributed by atoms with Crippen molar-refractivity contribution < 1.29 is 4.74 Å². The topological polar surface area (TPSA) is 44.1 Å². The predicted molar refractivity (Wildman–Crippen MR) is 125 cm³/mol. The van der Waals surface area contributed by atoms with E-state index in [0.717, 1.165) is 21.8 Å². The fourth-order valence-electron chi connectivity index (χ4n) is 3.26. The monoisotopic (exact) mass is 448 g/mol. The van der Waals surface area contributed by atoms with E-state index < -0.39 is 0 Å². The van der Waals surface area contributed by atoms with Gasteiger partial charge in [-0.1, -0.05) is 84.0 Å². The van der Waals surface area contributed by atoms with Crippen LogP contribution in [-0.4, -0.2) is 16.7 Å². The second kappa shape index (κ2) is 9.86. The van der Waals surface area contributed by atoms with Crippen molar-refractivity contribution in [1.29, 1.82) is 0 Å². The Morgan fingerprint density at radius 1 is 0.903 bits per heavy atom. The van der Waals surface area contributed by atoms with E-state index in [-0.39, 0.29) is 5.56 Å². The van der Waals surface area contributed by atoms with Crippen LogP contribution in [0.15, 0.2) is 99.6 Å². The lowest BCUT2D eigenvalue weighted by molar-refractivity contribution is 0.414. The molecule has 1 heterocycles. The third-order valence-corrected chi connectivity index (χ3v) is 6.13. The Hall–Kier alpha value is -3.02. The summed E-state index contributed by atoms with van der Waals surface area (Å²) in [6, 6.07) is 27.3. The van der Waals surface area contributed by atoms with Crippen molar-refractivity contribution in [3.05, 3.63) is 117 Å². The fourth-order valence-corrected chi connectivity index (χ4v) is 4.41. The number of hydrogen-bond donors (Lipinski definition) is 0. The van der Waals surface area contributed by atoms with Crippen LogP contribution in [0.3, 0.4) is 0 Å². The predicted octanol–water partition coefficient (Wildman–Crippen LogP) is 5.70. The zero-order valence-corrected chi connectivity index (χ0v) is 18.6. The van der Waals surface area contributed by atoms with Crippen LogP contribution in [0, 0.1) is 0 Å². The Balaban J connectivity index is 1.77. The fraction of sp³-hybridized carbons (Fsp3) is 0.120. The largest absolute Gasteiger partial charge is 0.497 e. The maximum absolute atomic E-state index is 13.5. The zero-order valence-electron chi connectivity index (χ0n) is 17.0. The molecule has 0 aliphatic rings. The molecule has 1 aromatic heterocycles. The molecule has 0 fully saturated rings. The van der Waals surface area contributed by atoms with Crippen LogP contribution >= 0.6 is 23.4 Å². The summed E-state index contributed by atoms with van der Waals surface area (Å²) in [5.41, 5.74) is 2.60. The molecule has 4 aromatic rings. The molecular weight excluding hydrogens is 428 g/mol. The molecule has 0 saturated carbocycles. The maximum Gasteiger partial charge on any atom is 0.284 e. The molecule has 31 heavy (non-hydrogen) atoms. The lowest BCUT2D eigenvalue weighted by atomic mass is 10.1. The van der Waals surface area contributed by atoms with Crippen LogP contribution in [-0.2, 0) is 13.0 Å². The number of halogens is 1. The number of nitrogens with zero attached hydrogens (tertiary/aromatic N) is 2. The first-order valence-corrected chi connectivity index (χ1v) is 11.0. The second-order valence-corrected chi connectivity index (χ2v) is 8.39. The molecule has 0 unspecified atom stereocenters. The van der Waals surface area contributed by atoms with E-state index in [1.165, 1.54) is 11.8 Å². The average Bonchev–Trinajstić information content (AvgIpc) is 2.81. The highest BCUT2D eigenvalue weighted by Gasteiger charge is 2.17. The zero-order chi connectivity index (χ0) is 21.6. The minimum Gasteiger partial charge on any atom is -0.497 e. The third-order valence-electron chi connectivity index (χ3n) is 4.86. The van der Waals surface area contributed by atoms with Gasteiger partial charge in [0.15, 0.2) is 5.03 Å². The number of rotatable bonds is 7. The molecule has 6 heteroatoms. The molecule has 4 nitrogen and oxygen atoms in total. The quantitative estimate of drug-likeness (QED) is 0.364. The van der Waals surface area contributed by atoms with Crippen molar-refractivity contribution in [1.82, 2.24) is 9.55 Å². The molecule has 0 aliphatic carbocycles. The SMILES string of the molecule is COc1ccc(Cn2c(Cc3ccccc3)c(Cl)nc(Sc3ccccc3)c2=O)cc1. The molecule has 3 aromatic carbocycles. The van der Waals surface area contributed by atoms with Gasteiger partial charge in [-0.05, 0) is 35.4 Å². The number of benzene rings is 3. The molecule has 0 amide bonds. The smallest absolute Gasteiger partial charge is 0.284 e. The van der Waals surface area contributed by atoms with Gasteiger partial charge in [0.05, 0.1) is 19.3 Å². The van der Waals surface area contributed by atoms with Gasteiger partial charge in [0.25, 0.3) is 5.56 Å². The Morgan fingerprint density at radius 3 is 2.19 bits per heavy atom. The highest BCUT2D eigenvalue weighted by Crippen LogP contribution is 2.26. The summed E-state index contributed by atoms with van der Waals surface area (Å²) >= 11 is 7.96. The van der Waals surface area contributed by atoms with E-state index in [2.05, 4.69) is 4.98 Å². The van der Waals surface area contributed by atoms with Crippen LogP contribution < -0.4 is 10.3 Å². The molecule has 0 spiro atoms. The van der Waals surface area contributed by atoms with Gasteiger partial charge in [-0.25, -0.2) is 4.98 Å². The van der Waals surface area contributed by atoms with Crippen molar-refractivity contribution in [2.75, 3.05) is 7.11 Å². The number of methoxy groups -OCH3 is 1. The number of hydrogen-bond acceptors (Lipinski definition) is 4. The highest BCUT2D eigenvalue weighted by molar-refractivity contribution is 7.99. The number of ether oxygens (including phenoxy) is 1. The summed E-state index contributed by atoms with van der Waals surface area (Å²) in [6.07, 6.45) is 0.522. The van der Waals surface area contributed by atoms with Crippen LogP contribution in [0.4, 0.5) is 0 Å². The van der Waals surface area contributed by atoms with E-state index >= 15 is 0 Å². The second-order valence-electron chi connectivity index (χ2n) is 6.97. The molecule has 0 atom stereocenters. The first-order valence-electron chi connectivity index (χ1n) is 9.83. The van der Waals surface area contributed by atoms with E-state index in [1.807, 2.05) is 84.9 Å². The number of aromatic nitrogens is 2. The Morgan fingerprint density at radius 2 is 1.55 bits per heavy atom. The van der Waals surface area contributed by atoms with Crippen molar-refractivity contribution in [3.63, 3.8) is 0 Å². The molecule has 4 rings (SSSR count). The molecule has 0 saturated heterocycles. The summed E-state index contributed by atoms with van der Waals surface area (Å²) in [5, 5.41) is 0.705. The molecule has 0 bridgehead atoms. The minimum absolute atomic E-state index is 0.153. The van der Waals surface area contributed by atoms with Gasteiger partial charge in [-0.15, -0.1) is 0 Å². The van der Waals surface area contributed by atoms with Crippen molar-refractivity contribution in [3.8, 4) is 5.75 Å². The Kier molecular flexibility index (Phi) is 6.75. The van der Waals surface area contributed by atoms with E-state index in [9.17, 15) is 4.79 Å². The van der Waals surface area contributed by atoms with Gasteiger partial charge in [0, 0.05) is 11.3 Å². The van der Waals surface area contributed by atoms with Gasteiger partial charge in [0.2, 0.25) is 0 Å². The summed E-state index contributed by atoms with van der Waals surface area (Å²) < 4.78 is 6.98. The molecule has 0 radical (unpaired) electrons. The molecule has 156 valence electrons. The van der Waals surface area contributed by atoms with Gasteiger partial charge < -0.3 is 9.30 Å². The highest BCUT2D eigenvalue weighted by atomic mass is 35.5. The standard InChI is InChI=1S/C25H21ClN2O2S/c1-30-20-14-12-19(13-15-20)17-28-22(16-18-8-4-2-5-9-18)23(26)27-24(25(28)29)31-21-10-6-3-7-11-21/h2-15H,16-17H2,1H3. The molecule has 0 aliphatic heterocycles. The van der Waals surface area contributed by atoms with E-state index in [1.54, 1.807) is 11.7 Å². The van der Waals surface area contributed by atoms with Crippen molar-refractivity contribution >= 4 is 23.4 Å². The van der Waals surface area contributed by atoms with Gasteiger partial charge in [0.1, 0.15) is 10.9 Å². The summed E-state index contributed by atoms with van der Waals surface area (Å²) in [4.78, 5) is 18.9. The van der Waals surface area contributed by atoms with Gasteiger partial charge in [-0.3, -0.25) is 4.79 Å². The Labute approximate surface area is 190 Å². The minimum atomic E-state index is -0.153. The first kappa shape index (κ1) is 21.2. The molecular formula is C25H21ClN2O2S. The summed E-state index contributed by atoms with van der Waals surface area (Å²) in [5.74, 6) is 0.772. The lowest BCUT2D eigenvalue weighted by Crippen LogP contribution is -2.27. The lowest BCUT2D eigenvalue weighted by Gasteiger charge is -2.16. The van der Waals surface area contributed by atoms with Crippen LogP contribution in [0.5, 0.6) is 5.75 Å². The van der Waals surface area contributed by atoms with Crippen molar-refractivity contribution in [2.45, 2.75) is 22.9 Å². The van der Waals surface area contributed by atoms with Crippen LogP contribution in [0.1, 0.15) is 16.8 Å².